The third kappa shape index (κ3) is 2.52. The van der Waals surface area contributed by atoms with Crippen LogP contribution in [0.4, 0.5) is 0 Å². The predicted molar refractivity (Wildman–Crippen MR) is 87.5 cm³/mol. The van der Waals surface area contributed by atoms with Crippen molar-refractivity contribution in [2.75, 3.05) is 0 Å². The third-order valence-electron chi connectivity index (χ3n) is 3.61. The number of aromatic nitrogens is 6. The lowest BCUT2D eigenvalue weighted by molar-refractivity contribution is 0.455. The molecular formula is C15H18N6S. The van der Waals surface area contributed by atoms with Gasteiger partial charge in [-0.15, -0.1) is 22.8 Å². The normalized spacial score (nSPS) is 11.4. The Morgan fingerprint density at radius 3 is 2.55 bits per heavy atom. The third-order valence-corrected chi connectivity index (χ3v) is 4.04. The van der Waals surface area contributed by atoms with Crippen molar-refractivity contribution < 1.29 is 0 Å². The number of aryl methyl sites for hydroxylation is 2. The maximum Gasteiger partial charge on any atom is 0.209 e. The van der Waals surface area contributed by atoms with E-state index in [9.17, 15) is 0 Å². The topological polar surface area (TPSA) is 61.4 Å². The Morgan fingerprint density at radius 1 is 1.14 bits per heavy atom. The van der Waals surface area contributed by atoms with Gasteiger partial charge >= 0.3 is 0 Å². The zero-order chi connectivity index (χ0) is 15.9. The van der Waals surface area contributed by atoms with E-state index < -0.39 is 0 Å². The SMILES string of the molecule is Cc1ccc(-n2ncc(-c3nnn(C(C)C)n3)c2S)cc1C. The van der Waals surface area contributed by atoms with E-state index >= 15 is 0 Å². The smallest absolute Gasteiger partial charge is 0.209 e. The maximum atomic E-state index is 4.59. The standard InChI is InChI=1S/C15H18N6S/c1-9(2)21-18-14(17-19-21)13-8-16-20(15(13)22)12-6-5-10(3)11(4)7-12/h5-9,22H,1-4H3. The number of hydrogen-bond donors (Lipinski definition) is 1. The molecule has 7 heteroatoms. The molecule has 0 unspecified atom stereocenters. The Balaban J connectivity index is 2.02. The van der Waals surface area contributed by atoms with Crippen molar-refractivity contribution in [2.24, 2.45) is 0 Å². The number of rotatable bonds is 3. The molecule has 1 aromatic carbocycles. The lowest BCUT2D eigenvalue weighted by Gasteiger charge is -2.07. The summed E-state index contributed by atoms with van der Waals surface area (Å²) in [5.74, 6) is 0.536. The first kappa shape index (κ1) is 14.8. The van der Waals surface area contributed by atoms with Gasteiger partial charge in [-0.3, -0.25) is 0 Å². The highest BCUT2D eigenvalue weighted by Gasteiger charge is 2.16. The van der Waals surface area contributed by atoms with Crippen LogP contribution in [0.25, 0.3) is 17.1 Å². The largest absolute Gasteiger partial charge is 0.227 e. The summed E-state index contributed by atoms with van der Waals surface area (Å²) < 4.78 is 1.78. The summed E-state index contributed by atoms with van der Waals surface area (Å²) in [5.41, 5.74) is 4.20. The van der Waals surface area contributed by atoms with Gasteiger partial charge in [0.1, 0.15) is 5.03 Å². The molecule has 0 aliphatic rings. The zero-order valence-electron chi connectivity index (χ0n) is 13.0. The average Bonchev–Trinajstić information content (AvgIpc) is 3.08. The van der Waals surface area contributed by atoms with Gasteiger partial charge in [0.15, 0.2) is 0 Å². The van der Waals surface area contributed by atoms with Crippen LogP contribution in [0.1, 0.15) is 31.0 Å². The molecule has 0 saturated carbocycles. The minimum absolute atomic E-state index is 0.166. The Bertz CT molecular complexity index is 817. The molecule has 0 fully saturated rings. The van der Waals surface area contributed by atoms with Crippen LogP contribution in [-0.4, -0.2) is 30.0 Å². The van der Waals surface area contributed by atoms with Crippen LogP contribution in [0.15, 0.2) is 29.4 Å². The van der Waals surface area contributed by atoms with E-state index in [1.165, 1.54) is 11.1 Å². The summed E-state index contributed by atoms with van der Waals surface area (Å²) in [6, 6.07) is 6.35. The van der Waals surface area contributed by atoms with Crippen LogP contribution in [0.2, 0.25) is 0 Å². The molecule has 2 aromatic heterocycles. The second-order valence-corrected chi connectivity index (χ2v) is 6.01. The first-order valence-electron chi connectivity index (χ1n) is 7.12. The van der Waals surface area contributed by atoms with Crippen molar-refractivity contribution in [3.8, 4) is 17.1 Å². The minimum atomic E-state index is 0.166. The Labute approximate surface area is 134 Å². The lowest BCUT2D eigenvalue weighted by Crippen LogP contribution is -2.04. The Kier molecular flexibility index (Phi) is 3.74. The molecular weight excluding hydrogens is 296 g/mol. The molecule has 0 radical (unpaired) electrons. The molecule has 22 heavy (non-hydrogen) atoms. The zero-order valence-corrected chi connectivity index (χ0v) is 13.9. The van der Waals surface area contributed by atoms with Gasteiger partial charge in [0.05, 0.1) is 23.5 Å². The van der Waals surface area contributed by atoms with E-state index in [1.807, 2.05) is 19.9 Å². The molecule has 3 aromatic rings. The van der Waals surface area contributed by atoms with E-state index in [0.29, 0.717) is 10.9 Å². The molecule has 0 aliphatic heterocycles. The van der Waals surface area contributed by atoms with Gasteiger partial charge in [0.25, 0.3) is 0 Å². The summed E-state index contributed by atoms with van der Waals surface area (Å²) in [7, 11) is 0. The summed E-state index contributed by atoms with van der Waals surface area (Å²) in [5, 5.41) is 17.6. The summed E-state index contributed by atoms with van der Waals surface area (Å²) >= 11 is 4.59. The van der Waals surface area contributed by atoms with Crippen molar-refractivity contribution in [1.82, 2.24) is 30.0 Å². The molecule has 114 valence electrons. The van der Waals surface area contributed by atoms with Gasteiger partial charge in [-0.1, -0.05) is 6.07 Å². The Hall–Kier alpha value is -2.15. The lowest BCUT2D eigenvalue weighted by atomic mass is 10.1. The molecule has 0 amide bonds. The molecule has 0 spiro atoms. The van der Waals surface area contributed by atoms with Crippen LogP contribution < -0.4 is 0 Å². The summed E-state index contributed by atoms with van der Waals surface area (Å²) in [6.07, 6.45) is 1.72. The fourth-order valence-corrected chi connectivity index (χ4v) is 2.42. The number of tetrazole rings is 1. The van der Waals surface area contributed by atoms with Crippen LogP contribution in [-0.2, 0) is 0 Å². The molecule has 3 rings (SSSR count). The minimum Gasteiger partial charge on any atom is -0.227 e. The van der Waals surface area contributed by atoms with Gasteiger partial charge in [-0.2, -0.15) is 9.90 Å². The molecule has 0 atom stereocenters. The first-order chi connectivity index (χ1) is 10.5. The molecule has 0 N–H and O–H groups in total. The quantitative estimate of drug-likeness (QED) is 0.755. The van der Waals surface area contributed by atoms with Crippen LogP contribution in [0.5, 0.6) is 0 Å². The molecule has 0 aliphatic carbocycles. The Morgan fingerprint density at radius 2 is 1.91 bits per heavy atom. The predicted octanol–water partition coefficient (Wildman–Crippen LogP) is 3.01. The van der Waals surface area contributed by atoms with E-state index in [2.05, 4.69) is 59.1 Å². The van der Waals surface area contributed by atoms with Gasteiger partial charge < -0.3 is 0 Å². The number of hydrogen-bond acceptors (Lipinski definition) is 5. The van der Waals surface area contributed by atoms with E-state index in [0.717, 1.165) is 11.3 Å². The van der Waals surface area contributed by atoms with Gasteiger partial charge in [0.2, 0.25) is 5.82 Å². The summed E-state index contributed by atoms with van der Waals surface area (Å²) in [4.78, 5) is 1.58. The van der Waals surface area contributed by atoms with Crippen molar-refractivity contribution >= 4 is 12.6 Å². The fourth-order valence-electron chi connectivity index (χ4n) is 2.10. The molecule has 2 heterocycles. The maximum absolute atomic E-state index is 4.59. The van der Waals surface area contributed by atoms with Crippen LogP contribution in [0.3, 0.4) is 0 Å². The van der Waals surface area contributed by atoms with Crippen molar-refractivity contribution in [1.29, 1.82) is 0 Å². The van der Waals surface area contributed by atoms with Gasteiger partial charge in [-0.05, 0) is 56.2 Å². The van der Waals surface area contributed by atoms with E-state index in [4.69, 9.17) is 0 Å². The summed E-state index contributed by atoms with van der Waals surface area (Å²) in [6.45, 7) is 8.18. The average molecular weight is 314 g/mol. The highest BCUT2D eigenvalue weighted by molar-refractivity contribution is 7.80. The van der Waals surface area contributed by atoms with Crippen molar-refractivity contribution in [3.05, 3.63) is 35.5 Å². The number of nitrogens with zero attached hydrogens (tertiary/aromatic N) is 6. The van der Waals surface area contributed by atoms with Gasteiger partial charge in [0, 0.05) is 0 Å². The molecule has 0 bridgehead atoms. The van der Waals surface area contributed by atoms with Gasteiger partial charge in [-0.25, -0.2) is 4.68 Å². The monoisotopic (exact) mass is 314 g/mol. The highest BCUT2D eigenvalue weighted by atomic mass is 32.1. The highest BCUT2D eigenvalue weighted by Crippen LogP contribution is 2.26. The second kappa shape index (κ2) is 5.57. The van der Waals surface area contributed by atoms with Crippen molar-refractivity contribution in [3.63, 3.8) is 0 Å². The second-order valence-electron chi connectivity index (χ2n) is 5.59. The van der Waals surface area contributed by atoms with Crippen molar-refractivity contribution in [2.45, 2.75) is 38.8 Å². The number of thiol groups is 1. The number of benzene rings is 1. The van der Waals surface area contributed by atoms with Crippen LogP contribution >= 0.6 is 12.6 Å². The van der Waals surface area contributed by atoms with E-state index in [1.54, 1.807) is 15.7 Å². The molecule has 0 saturated heterocycles. The fraction of sp³-hybridized carbons (Fsp3) is 0.333. The van der Waals surface area contributed by atoms with E-state index in [-0.39, 0.29) is 6.04 Å². The molecule has 6 nitrogen and oxygen atoms in total. The van der Waals surface area contributed by atoms with Crippen LogP contribution in [0, 0.1) is 13.8 Å². The first-order valence-corrected chi connectivity index (χ1v) is 7.56.